The van der Waals surface area contributed by atoms with Crippen LogP contribution < -0.4 is 4.90 Å². The fourth-order valence-corrected chi connectivity index (χ4v) is 4.53. The summed E-state index contributed by atoms with van der Waals surface area (Å²) in [6.07, 6.45) is 1.28. The summed E-state index contributed by atoms with van der Waals surface area (Å²) in [5.41, 5.74) is 2.05. The zero-order chi connectivity index (χ0) is 16.5. The minimum absolute atomic E-state index is 0.233. The molecular weight excluding hydrogens is 326 g/mol. The smallest absolute Gasteiger partial charge is 0.188 e. The van der Waals surface area contributed by atoms with Crippen LogP contribution in [0.5, 0.6) is 0 Å². The third kappa shape index (κ3) is 3.28. The third-order valence-corrected chi connectivity index (χ3v) is 5.93. The van der Waals surface area contributed by atoms with E-state index in [0.717, 1.165) is 75.4 Å². The van der Waals surface area contributed by atoms with Crippen molar-refractivity contribution in [1.29, 1.82) is 0 Å². The average Bonchev–Trinajstić information content (AvgIpc) is 3.04. The Kier molecular flexibility index (Phi) is 4.71. The highest BCUT2D eigenvalue weighted by molar-refractivity contribution is 7.22. The van der Waals surface area contributed by atoms with E-state index >= 15 is 0 Å². The van der Waals surface area contributed by atoms with Crippen LogP contribution in [0.4, 0.5) is 5.13 Å². The molecule has 4 rings (SSSR count). The summed E-state index contributed by atoms with van der Waals surface area (Å²) in [6, 6.07) is 0. The Hall–Kier alpha value is -1.22. The number of aromatic nitrogens is 3. The number of anilines is 1. The Labute approximate surface area is 146 Å². The molecule has 0 amide bonds. The Morgan fingerprint density at radius 1 is 1.21 bits per heavy atom. The van der Waals surface area contributed by atoms with Crippen molar-refractivity contribution in [1.82, 2.24) is 19.7 Å². The number of hydrogen-bond acceptors (Lipinski definition) is 7. The number of aryl methyl sites for hydroxylation is 2. The highest BCUT2D eigenvalue weighted by atomic mass is 32.1. The van der Waals surface area contributed by atoms with Crippen molar-refractivity contribution in [2.24, 2.45) is 7.05 Å². The van der Waals surface area contributed by atoms with E-state index in [-0.39, 0.29) is 6.10 Å². The topological polar surface area (TPSA) is 55.7 Å². The summed E-state index contributed by atoms with van der Waals surface area (Å²) >= 11 is 1.75. The molecule has 0 saturated carbocycles. The number of fused-ring (bicyclic) bond motifs is 1. The molecule has 2 saturated heterocycles. The van der Waals surface area contributed by atoms with Gasteiger partial charge in [0.25, 0.3) is 0 Å². The molecule has 0 N–H and O–H groups in total. The van der Waals surface area contributed by atoms with Gasteiger partial charge in [0.2, 0.25) is 0 Å². The van der Waals surface area contributed by atoms with Crippen molar-refractivity contribution in [2.45, 2.75) is 19.4 Å². The maximum Gasteiger partial charge on any atom is 0.188 e. The molecule has 1 atom stereocenters. The zero-order valence-corrected chi connectivity index (χ0v) is 15.2. The fraction of sp³-hybridized carbons (Fsp3) is 0.750. The molecule has 7 nitrogen and oxygen atoms in total. The molecule has 132 valence electrons. The SMILES string of the molecule is Cc1nn(C)c2nc(N3CCCOC(CN4CCOCC4)C3)sc12. The van der Waals surface area contributed by atoms with Crippen LogP contribution in [0.3, 0.4) is 0 Å². The van der Waals surface area contributed by atoms with E-state index in [1.807, 2.05) is 11.7 Å². The summed E-state index contributed by atoms with van der Waals surface area (Å²) in [7, 11) is 1.96. The quantitative estimate of drug-likeness (QED) is 0.830. The highest BCUT2D eigenvalue weighted by Gasteiger charge is 2.25. The van der Waals surface area contributed by atoms with E-state index in [0.29, 0.717) is 0 Å². The molecule has 24 heavy (non-hydrogen) atoms. The van der Waals surface area contributed by atoms with Crippen LogP contribution in [0.1, 0.15) is 12.1 Å². The molecule has 2 aromatic rings. The zero-order valence-electron chi connectivity index (χ0n) is 14.4. The van der Waals surface area contributed by atoms with Crippen LogP contribution in [-0.4, -0.2) is 78.3 Å². The van der Waals surface area contributed by atoms with Gasteiger partial charge >= 0.3 is 0 Å². The van der Waals surface area contributed by atoms with Crippen LogP contribution in [0, 0.1) is 6.92 Å². The second-order valence-electron chi connectivity index (χ2n) is 6.56. The Bertz CT molecular complexity index is 660. The first-order valence-corrected chi connectivity index (χ1v) is 9.49. The largest absolute Gasteiger partial charge is 0.379 e. The summed E-state index contributed by atoms with van der Waals surface area (Å²) in [5.74, 6) is 0. The minimum atomic E-state index is 0.233. The molecule has 1 unspecified atom stereocenters. The third-order valence-electron chi connectivity index (χ3n) is 4.72. The molecule has 0 aliphatic carbocycles. The lowest BCUT2D eigenvalue weighted by Gasteiger charge is -2.31. The molecule has 0 spiro atoms. The van der Waals surface area contributed by atoms with Gasteiger partial charge in [-0.1, -0.05) is 11.3 Å². The first-order valence-electron chi connectivity index (χ1n) is 8.67. The van der Waals surface area contributed by atoms with Gasteiger partial charge in [-0.15, -0.1) is 0 Å². The van der Waals surface area contributed by atoms with Gasteiger partial charge in [0.15, 0.2) is 10.8 Å². The molecule has 2 fully saturated rings. The van der Waals surface area contributed by atoms with Crippen LogP contribution in [0.25, 0.3) is 10.3 Å². The minimum Gasteiger partial charge on any atom is -0.379 e. The lowest BCUT2D eigenvalue weighted by atomic mass is 10.3. The maximum absolute atomic E-state index is 6.10. The number of rotatable bonds is 3. The van der Waals surface area contributed by atoms with E-state index in [4.69, 9.17) is 14.5 Å². The summed E-state index contributed by atoms with van der Waals surface area (Å²) in [5, 5.41) is 5.55. The van der Waals surface area contributed by atoms with Gasteiger partial charge in [-0.05, 0) is 13.3 Å². The van der Waals surface area contributed by atoms with Crippen molar-refractivity contribution in [3.63, 3.8) is 0 Å². The van der Waals surface area contributed by atoms with Gasteiger partial charge in [-0.25, -0.2) is 9.67 Å². The van der Waals surface area contributed by atoms with Gasteiger partial charge < -0.3 is 14.4 Å². The van der Waals surface area contributed by atoms with Crippen molar-refractivity contribution in [2.75, 3.05) is 57.4 Å². The van der Waals surface area contributed by atoms with Crippen molar-refractivity contribution in [3.05, 3.63) is 5.69 Å². The molecular formula is C16H25N5O2S. The van der Waals surface area contributed by atoms with Gasteiger partial charge in [0.05, 0.1) is 29.7 Å². The van der Waals surface area contributed by atoms with Crippen LogP contribution in [0.15, 0.2) is 0 Å². The first kappa shape index (κ1) is 16.3. The molecule has 2 aliphatic heterocycles. The van der Waals surface area contributed by atoms with Crippen LogP contribution in [0.2, 0.25) is 0 Å². The Morgan fingerprint density at radius 2 is 2.04 bits per heavy atom. The van der Waals surface area contributed by atoms with Crippen molar-refractivity contribution < 1.29 is 9.47 Å². The van der Waals surface area contributed by atoms with Gasteiger partial charge in [0.1, 0.15) is 0 Å². The fourth-order valence-electron chi connectivity index (χ4n) is 3.46. The number of hydrogen-bond donors (Lipinski definition) is 0. The molecule has 2 aromatic heterocycles. The number of ether oxygens (including phenoxy) is 2. The normalized spacial score (nSPS) is 23.8. The van der Waals surface area contributed by atoms with E-state index < -0.39 is 0 Å². The predicted molar refractivity (Wildman–Crippen MR) is 95.0 cm³/mol. The predicted octanol–water partition coefficient (Wildman–Crippen LogP) is 1.27. The average molecular weight is 351 g/mol. The summed E-state index contributed by atoms with van der Waals surface area (Å²) in [4.78, 5) is 9.68. The standard InChI is InChI=1S/C16H25N5O2S/c1-12-14-15(19(2)18-12)17-16(24-14)21-4-3-7-23-13(11-21)10-20-5-8-22-9-6-20/h13H,3-11H2,1-2H3. The Morgan fingerprint density at radius 3 is 2.83 bits per heavy atom. The van der Waals surface area contributed by atoms with Gasteiger partial charge in [-0.3, -0.25) is 4.90 Å². The summed E-state index contributed by atoms with van der Waals surface area (Å²) in [6.45, 7) is 9.45. The maximum atomic E-state index is 6.10. The van der Waals surface area contributed by atoms with Crippen LogP contribution in [-0.2, 0) is 16.5 Å². The molecule has 4 heterocycles. The first-order chi connectivity index (χ1) is 11.7. The highest BCUT2D eigenvalue weighted by Crippen LogP contribution is 2.31. The van der Waals surface area contributed by atoms with Crippen LogP contribution >= 0.6 is 11.3 Å². The second kappa shape index (κ2) is 6.95. The van der Waals surface area contributed by atoms with Crippen molar-refractivity contribution in [3.8, 4) is 0 Å². The van der Waals surface area contributed by atoms with Crippen molar-refractivity contribution >= 4 is 26.8 Å². The number of morpholine rings is 1. The van der Waals surface area contributed by atoms with E-state index in [2.05, 4.69) is 21.8 Å². The van der Waals surface area contributed by atoms with Gasteiger partial charge in [0, 0.05) is 46.4 Å². The Balaban J connectivity index is 1.49. The summed E-state index contributed by atoms with van der Waals surface area (Å²) < 4.78 is 14.6. The van der Waals surface area contributed by atoms with E-state index in [9.17, 15) is 0 Å². The molecule has 8 heteroatoms. The molecule has 0 bridgehead atoms. The molecule has 0 radical (unpaired) electrons. The number of nitrogens with zero attached hydrogens (tertiary/aromatic N) is 5. The van der Waals surface area contributed by atoms with Gasteiger partial charge in [-0.2, -0.15) is 5.10 Å². The lowest BCUT2D eigenvalue weighted by molar-refractivity contribution is -0.00507. The number of thiazole rings is 1. The monoisotopic (exact) mass is 351 g/mol. The molecule has 2 aliphatic rings. The second-order valence-corrected chi connectivity index (χ2v) is 7.54. The van der Waals surface area contributed by atoms with E-state index in [1.54, 1.807) is 11.3 Å². The van der Waals surface area contributed by atoms with E-state index in [1.165, 1.54) is 4.70 Å². The lowest BCUT2D eigenvalue weighted by Crippen LogP contribution is -2.44. The molecule has 0 aromatic carbocycles.